The van der Waals surface area contributed by atoms with Crippen LogP contribution in [0.15, 0.2) is 21.1 Å². The van der Waals surface area contributed by atoms with Gasteiger partial charge in [0.15, 0.2) is 0 Å². The molecule has 0 bridgehead atoms. The zero-order valence-electron chi connectivity index (χ0n) is 8.93. The summed E-state index contributed by atoms with van der Waals surface area (Å²) in [6.45, 7) is 0. The predicted molar refractivity (Wildman–Crippen MR) is 70.0 cm³/mol. The molecule has 4 heteroatoms. The average molecular weight is 348 g/mol. The maximum Gasteiger partial charge on any atom is 0.140 e. The first-order chi connectivity index (χ1) is 7.63. The number of benzene rings is 1. The van der Waals surface area contributed by atoms with Crippen LogP contribution in [-0.2, 0) is 4.79 Å². The Bertz CT molecular complexity index is 406. The van der Waals surface area contributed by atoms with Crippen LogP contribution in [0.4, 0.5) is 0 Å². The molecule has 16 heavy (non-hydrogen) atoms. The van der Waals surface area contributed by atoms with Gasteiger partial charge in [0.2, 0.25) is 0 Å². The molecule has 0 aliphatic heterocycles. The summed E-state index contributed by atoms with van der Waals surface area (Å²) < 4.78 is 7.06. The molecule has 0 aromatic heterocycles. The van der Waals surface area contributed by atoms with E-state index in [-0.39, 0.29) is 5.92 Å². The smallest absolute Gasteiger partial charge is 0.140 e. The van der Waals surface area contributed by atoms with Gasteiger partial charge in [-0.1, -0.05) is 31.9 Å². The van der Waals surface area contributed by atoms with Crippen molar-refractivity contribution < 1.29 is 9.53 Å². The molecule has 0 heterocycles. The highest BCUT2D eigenvalue weighted by molar-refractivity contribution is 9.11. The zero-order chi connectivity index (χ0) is 11.7. The van der Waals surface area contributed by atoms with Crippen molar-refractivity contribution >= 4 is 37.6 Å². The van der Waals surface area contributed by atoms with Gasteiger partial charge in [-0.05, 0) is 30.5 Å². The summed E-state index contributed by atoms with van der Waals surface area (Å²) in [6, 6.07) is 3.82. The number of halogens is 2. The lowest BCUT2D eigenvalue weighted by molar-refractivity contribution is -0.118. The second-order valence-corrected chi connectivity index (χ2v) is 5.62. The van der Waals surface area contributed by atoms with Crippen LogP contribution in [0.5, 0.6) is 5.75 Å². The number of rotatable bonds is 2. The van der Waals surface area contributed by atoms with Crippen LogP contribution < -0.4 is 4.74 Å². The number of methoxy groups -OCH3 is 1. The highest BCUT2D eigenvalue weighted by atomic mass is 79.9. The monoisotopic (exact) mass is 346 g/mol. The fourth-order valence-corrected chi connectivity index (χ4v) is 3.83. The molecular weight excluding hydrogens is 336 g/mol. The number of Topliss-reactive ketones (excluding diaryl/α,β-unsaturated/α-hetero) is 1. The molecule has 2 nitrogen and oxygen atoms in total. The Morgan fingerprint density at radius 3 is 2.38 bits per heavy atom. The van der Waals surface area contributed by atoms with E-state index >= 15 is 0 Å². The Hall–Kier alpha value is -0.350. The first-order valence-corrected chi connectivity index (χ1v) is 6.77. The lowest BCUT2D eigenvalue weighted by atomic mass is 9.97. The summed E-state index contributed by atoms with van der Waals surface area (Å²) in [5.74, 6) is 1.16. The molecule has 0 spiro atoms. The first-order valence-electron chi connectivity index (χ1n) is 5.19. The maximum atomic E-state index is 11.8. The highest BCUT2D eigenvalue weighted by Crippen LogP contribution is 2.41. The minimum Gasteiger partial charge on any atom is -0.497 e. The molecule has 86 valence electrons. The molecule has 1 aromatic rings. The Balaban J connectivity index is 2.44. The fourth-order valence-electron chi connectivity index (χ4n) is 2.13. The van der Waals surface area contributed by atoms with Crippen LogP contribution in [0.3, 0.4) is 0 Å². The molecule has 0 N–H and O–H groups in total. The van der Waals surface area contributed by atoms with E-state index in [4.69, 9.17) is 4.74 Å². The van der Waals surface area contributed by atoms with Crippen LogP contribution >= 0.6 is 31.9 Å². The van der Waals surface area contributed by atoms with E-state index in [9.17, 15) is 4.79 Å². The molecule has 1 unspecified atom stereocenters. The lowest BCUT2D eigenvalue weighted by Crippen LogP contribution is -2.06. The maximum absolute atomic E-state index is 11.8. The Morgan fingerprint density at radius 2 is 1.94 bits per heavy atom. The van der Waals surface area contributed by atoms with Gasteiger partial charge in [-0.2, -0.15) is 0 Å². The standard InChI is InChI=1S/C12H12Br2O2/c1-16-7-5-9(13)12(10(14)6-7)8-3-2-4-11(8)15/h5-6,8H,2-4H2,1H3. The van der Waals surface area contributed by atoms with Gasteiger partial charge in [-0.15, -0.1) is 0 Å². The number of carbonyl (C=O) groups is 1. The van der Waals surface area contributed by atoms with Crippen LogP contribution in [0.25, 0.3) is 0 Å². The van der Waals surface area contributed by atoms with Gasteiger partial charge in [0, 0.05) is 21.3 Å². The van der Waals surface area contributed by atoms with E-state index in [1.165, 1.54) is 0 Å². The predicted octanol–water partition coefficient (Wildman–Crippen LogP) is 4.06. The van der Waals surface area contributed by atoms with E-state index in [0.717, 1.165) is 33.1 Å². The van der Waals surface area contributed by atoms with Gasteiger partial charge in [0.05, 0.1) is 7.11 Å². The summed E-state index contributed by atoms with van der Waals surface area (Å²) in [5, 5.41) is 0. The molecule has 1 aromatic carbocycles. The summed E-state index contributed by atoms with van der Waals surface area (Å²) in [4.78, 5) is 11.8. The number of ketones is 1. The van der Waals surface area contributed by atoms with Crippen molar-refractivity contribution in [3.63, 3.8) is 0 Å². The Morgan fingerprint density at radius 1 is 1.31 bits per heavy atom. The van der Waals surface area contributed by atoms with Crippen LogP contribution in [0.2, 0.25) is 0 Å². The minimum atomic E-state index is 0.0367. The van der Waals surface area contributed by atoms with Crippen LogP contribution in [-0.4, -0.2) is 12.9 Å². The van der Waals surface area contributed by atoms with Crippen LogP contribution in [0.1, 0.15) is 30.7 Å². The van der Waals surface area contributed by atoms with Gasteiger partial charge in [0.25, 0.3) is 0 Å². The van der Waals surface area contributed by atoms with Gasteiger partial charge < -0.3 is 4.74 Å². The van der Waals surface area contributed by atoms with E-state index < -0.39 is 0 Å². The van der Waals surface area contributed by atoms with Gasteiger partial charge >= 0.3 is 0 Å². The summed E-state index contributed by atoms with van der Waals surface area (Å²) in [5.41, 5.74) is 1.06. The van der Waals surface area contributed by atoms with E-state index in [0.29, 0.717) is 12.2 Å². The molecule has 2 rings (SSSR count). The van der Waals surface area contributed by atoms with Crippen molar-refractivity contribution in [2.75, 3.05) is 7.11 Å². The summed E-state index contributed by atoms with van der Waals surface area (Å²) >= 11 is 7.03. The average Bonchev–Trinajstić information content (AvgIpc) is 2.64. The number of hydrogen-bond acceptors (Lipinski definition) is 2. The zero-order valence-corrected chi connectivity index (χ0v) is 12.1. The second kappa shape index (κ2) is 4.88. The summed E-state index contributed by atoms with van der Waals surface area (Å²) in [6.07, 6.45) is 2.65. The molecule has 1 atom stereocenters. The third kappa shape index (κ3) is 2.18. The molecular formula is C12H12Br2O2. The van der Waals surface area contributed by atoms with E-state index in [1.54, 1.807) is 7.11 Å². The van der Waals surface area contributed by atoms with Crippen molar-refractivity contribution in [2.24, 2.45) is 0 Å². The molecule has 1 saturated carbocycles. The fraction of sp³-hybridized carbons (Fsp3) is 0.417. The SMILES string of the molecule is COc1cc(Br)c(C2CCCC2=O)c(Br)c1. The minimum absolute atomic E-state index is 0.0367. The third-order valence-electron chi connectivity index (χ3n) is 2.94. The van der Waals surface area contributed by atoms with Crippen molar-refractivity contribution in [3.05, 3.63) is 26.6 Å². The molecule has 0 saturated heterocycles. The van der Waals surface area contributed by atoms with E-state index in [2.05, 4.69) is 31.9 Å². The lowest BCUT2D eigenvalue weighted by Gasteiger charge is -2.14. The van der Waals surface area contributed by atoms with Gasteiger partial charge in [-0.25, -0.2) is 0 Å². The van der Waals surface area contributed by atoms with Gasteiger partial charge in [-0.3, -0.25) is 4.79 Å². The second-order valence-electron chi connectivity index (χ2n) is 3.92. The summed E-state index contributed by atoms with van der Waals surface area (Å²) in [7, 11) is 1.63. The first kappa shape index (κ1) is 12.1. The molecule has 0 amide bonds. The normalized spacial score (nSPS) is 20.2. The number of ether oxygens (including phenoxy) is 1. The quantitative estimate of drug-likeness (QED) is 0.806. The molecule has 1 aliphatic rings. The van der Waals surface area contributed by atoms with Crippen molar-refractivity contribution in [3.8, 4) is 5.75 Å². The topological polar surface area (TPSA) is 26.3 Å². The van der Waals surface area contributed by atoms with Crippen LogP contribution in [0, 0.1) is 0 Å². The van der Waals surface area contributed by atoms with Crippen molar-refractivity contribution in [2.45, 2.75) is 25.2 Å². The number of hydrogen-bond donors (Lipinski definition) is 0. The van der Waals surface area contributed by atoms with Crippen molar-refractivity contribution in [1.29, 1.82) is 0 Å². The molecule has 1 aliphatic carbocycles. The van der Waals surface area contributed by atoms with Crippen molar-refractivity contribution in [1.82, 2.24) is 0 Å². The third-order valence-corrected chi connectivity index (χ3v) is 4.25. The number of carbonyl (C=O) groups excluding carboxylic acids is 1. The Kier molecular flexibility index (Phi) is 3.70. The Labute approximate surface area is 112 Å². The highest BCUT2D eigenvalue weighted by Gasteiger charge is 2.29. The molecule has 0 radical (unpaired) electrons. The van der Waals surface area contributed by atoms with Gasteiger partial charge in [0.1, 0.15) is 11.5 Å². The largest absolute Gasteiger partial charge is 0.497 e. The molecule has 1 fully saturated rings. The van der Waals surface area contributed by atoms with E-state index in [1.807, 2.05) is 12.1 Å².